The molecule has 8 heterocycles. The molecular formula is C101H84N4O29. The van der Waals surface area contributed by atoms with E-state index in [2.05, 4.69) is 0 Å². The van der Waals surface area contributed by atoms with Crippen LogP contribution in [0.25, 0.3) is 0 Å². The average Bonchev–Trinajstić information content (AvgIpc) is 1.43. The molecule has 0 bridgehead atoms. The van der Waals surface area contributed by atoms with Gasteiger partial charge in [0, 0.05) is 7.11 Å². The normalized spacial score (nSPS) is 26.9. The second kappa shape index (κ2) is 38.6. The van der Waals surface area contributed by atoms with E-state index in [-0.39, 0.29) is 90.7 Å². The molecule has 0 saturated carbocycles. The Balaban J connectivity index is 0.830. The number of aliphatic hydroxyl groups is 1. The fourth-order valence-electron chi connectivity index (χ4n) is 18.2. The summed E-state index contributed by atoms with van der Waals surface area (Å²) in [4.78, 5) is 219. The molecule has 8 aliphatic heterocycles. The molecular weight excluding hydrogens is 1730 g/mol. The molecule has 10 unspecified atom stereocenters. The Morgan fingerprint density at radius 3 is 0.716 bits per heavy atom. The third-order valence-electron chi connectivity index (χ3n) is 24.7. The van der Waals surface area contributed by atoms with E-state index in [9.17, 15) is 19.5 Å². The molecule has 0 spiro atoms. The van der Waals surface area contributed by atoms with E-state index in [1.165, 1.54) is 231 Å². The summed E-state index contributed by atoms with van der Waals surface area (Å²) >= 11 is 0. The molecule has 0 aromatic heterocycles. The lowest BCUT2D eigenvalue weighted by molar-refractivity contribution is -0.367. The number of rotatable bonds is 27. The van der Waals surface area contributed by atoms with Crippen molar-refractivity contribution in [3.05, 3.63) is 357 Å². The molecule has 33 heteroatoms. The first-order chi connectivity index (χ1) is 65.1. The zero-order valence-electron chi connectivity index (χ0n) is 71.6. The van der Waals surface area contributed by atoms with Crippen LogP contribution in [0.15, 0.2) is 279 Å². The van der Waals surface area contributed by atoms with Gasteiger partial charge in [-0.2, -0.15) is 0 Å². The van der Waals surface area contributed by atoms with Gasteiger partial charge in [-0.1, -0.05) is 172 Å². The molecule has 10 aromatic carbocycles. The summed E-state index contributed by atoms with van der Waals surface area (Å²) in [5, 5.41) is 12.7. The summed E-state index contributed by atoms with van der Waals surface area (Å²) in [6, 6.07) is 58.7. The number of benzene rings is 10. The minimum absolute atomic E-state index is 0.0334. The quantitative estimate of drug-likeness (QED) is 0.0284. The lowest BCUT2D eigenvalue weighted by Gasteiger charge is -2.54. The second-order valence-corrected chi connectivity index (χ2v) is 32.5. The first-order valence-electron chi connectivity index (χ1n) is 43.3. The Morgan fingerprint density at radius 1 is 0.261 bits per heavy atom. The lowest BCUT2D eigenvalue weighted by atomic mass is 9.90. The van der Waals surface area contributed by atoms with Crippen molar-refractivity contribution in [3.63, 3.8) is 0 Å². The number of esters is 6. The Hall–Kier alpha value is -14.8. The Morgan fingerprint density at radius 2 is 0.463 bits per heavy atom. The summed E-state index contributed by atoms with van der Waals surface area (Å²) in [6.45, 7) is 1.21. The summed E-state index contributed by atoms with van der Waals surface area (Å²) < 4.78 is 95.6. The molecule has 0 radical (unpaired) electrons. The van der Waals surface area contributed by atoms with Crippen LogP contribution in [0.2, 0.25) is 0 Å². The number of fused-ring (bicyclic) bond motifs is 4. The van der Waals surface area contributed by atoms with E-state index in [1.54, 1.807) is 62.4 Å². The Bertz CT molecular complexity index is 6080. The molecule has 0 aliphatic carbocycles. The van der Waals surface area contributed by atoms with Crippen molar-refractivity contribution < 1.29 is 139 Å². The third kappa shape index (κ3) is 17.0. The molecule has 134 heavy (non-hydrogen) atoms. The standard InChI is InChI=1S/C101H84N4O29/c1-4-68-76(106)80(128-94(117)56-36-16-8-17-37-56)72(102-84(107)60-44-24-25-45-61(60)85(102)108)99(124-68)133-79-71(53-123-93(116)55-34-14-7-15-35-55)127-101(75(83(79)131-97(120)59-42-22-11-23-43-59)105-90(113)66-50-30-31-51-67(66)91(105)114)132-77-69(5-2)125-100(74(82(77)130-96(119)58-40-20-10-21-41-58)104-88(111)64-48-28-29-49-65(64)89(104)112)134-78-70(52-122-92(115)54-32-12-6-13-33-54)126-98(121-3)73(81(78)129-95(118)57-38-18-9-19-39-57)103-86(109)62-46-26-27-47-63(62)87(103)110/h6-51,68-83,98-101,106H,4-5,52-53H2,1-3H3/t68?,69?,70?,71?,72-,73+,74-,75+,76+,77+,78?,79?,80?,81+,82?,83+,98?,99+,100+,101?/m0/s1. The molecule has 10 aromatic rings. The van der Waals surface area contributed by atoms with E-state index in [0.717, 1.165) is 12.0 Å². The molecule has 20 atom stereocenters. The van der Waals surface area contributed by atoms with Crippen molar-refractivity contribution in [2.75, 3.05) is 20.3 Å². The minimum Gasteiger partial charge on any atom is -0.459 e. The predicted octanol–water partition coefficient (Wildman–Crippen LogP) is 10.1. The van der Waals surface area contributed by atoms with Crippen LogP contribution < -0.4 is 0 Å². The second-order valence-electron chi connectivity index (χ2n) is 32.5. The molecule has 18 rings (SSSR count). The molecule has 8 amide bonds. The first-order valence-corrected chi connectivity index (χ1v) is 43.3. The smallest absolute Gasteiger partial charge is 0.338 e. The van der Waals surface area contributed by atoms with Gasteiger partial charge in [0.15, 0.2) is 49.6 Å². The number of hydrogen-bond acceptors (Lipinski definition) is 29. The first kappa shape index (κ1) is 89.8. The lowest BCUT2D eigenvalue weighted by Crippen LogP contribution is -2.73. The van der Waals surface area contributed by atoms with E-state index in [1.807, 2.05) is 0 Å². The number of methoxy groups -OCH3 is 1. The zero-order chi connectivity index (χ0) is 93.3. The highest BCUT2D eigenvalue weighted by Crippen LogP contribution is 2.46. The van der Waals surface area contributed by atoms with Gasteiger partial charge in [0.1, 0.15) is 74.0 Å². The van der Waals surface area contributed by atoms with Crippen LogP contribution in [0.3, 0.4) is 0 Å². The van der Waals surface area contributed by atoms with Gasteiger partial charge in [-0.15, -0.1) is 0 Å². The van der Waals surface area contributed by atoms with Crippen molar-refractivity contribution in [2.24, 2.45) is 0 Å². The van der Waals surface area contributed by atoms with Crippen molar-refractivity contribution >= 4 is 83.1 Å². The van der Waals surface area contributed by atoms with Gasteiger partial charge < -0.3 is 71.4 Å². The van der Waals surface area contributed by atoms with E-state index in [0.29, 0.717) is 14.7 Å². The zero-order valence-corrected chi connectivity index (χ0v) is 71.6. The van der Waals surface area contributed by atoms with Gasteiger partial charge in [-0.3, -0.25) is 58.0 Å². The van der Waals surface area contributed by atoms with Crippen molar-refractivity contribution in [1.29, 1.82) is 0 Å². The fourth-order valence-corrected chi connectivity index (χ4v) is 18.2. The maximum atomic E-state index is 16.2. The van der Waals surface area contributed by atoms with Crippen molar-refractivity contribution in [1.82, 2.24) is 19.6 Å². The van der Waals surface area contributed by atoms with E-state index in [4.69, 9.17) is 66.3 Å². The van der Waals surface area contributed by atoms with Gasteiger partial charge in [-0.25, -0.2) is 28.8 Å². The number of aliphatic hydroxyl groups excluding tert-OH is 1. The average molecular weight is 1820 g/mol. The van der Waals surface area contributed by atoms with Crippen LogP contribution in [-0.2, 0) is 66.3 Å². The third-order valence-corrected chi connectivity index (χ3v) is 24.7. The number of carbonyl (C=O) groups excluding carboxylic acids is 14. The van der Waals surface area contributed by atoms with Crippen LogP contribution in [0, 0.1) is 0 Å². The Labute approximate surface area is 764 Å². The summed E-state index contributed by atoms with van der Waals surface area (Å²) in [5.74, 6) is -14.9. The summed E-state index contributed by atoms with van der Waals surface area (Å²) in [6.07, 6.45) is -33.6. The minimum atomic E-state index is -2.46. The summed E-state index contributed by atoms with van der Waals surface area (Å²) in [7, 11) is 1.16. The van der Waals surface area contributed by atoms with Gasteiger partial charge in [0.05, 0.1) is 90.1 Å². The number of carbonyl (C=O) groups is 14. The number of hydrogen-bond donors (Lipinski definition) is 1. The van der Waals surface area contributed by atoms with Crippen molar-refractivity contribution in [2.45, 2.75) is 149 Å². The molecule has 8 aliphatic rings. The fraction of sp³-hybridized carbons (Fsp3) is 0.267. The van der Waals surface area contributed by atoms with Gasteiger partial charge in [0.2, 0.25) is 0 Å². The maximum absolute atomic E-state index is 16.2. The Kier molecular flexibility index (Phi) is 25.8. The largest absolute Gasteiger partial charge is 0.459 e. The SMILES string of the molecule is CCC1O[C@H](OC2C(COC(=O)c3ccccc3)OC(O[C@@H]3C(CC)O[C@H](OC4C(COC(=O)c5ccccc5)OC(OC)[C@H](N5C(=O)c6ccccc6C5=O)[C@H]4OC(=O)c4ccccc4)[C@@H](N4C(=O)c5ccccc5C4=O)C3OC(=O)c3ccccc3)[C@H](N3C(=O)c4ccccc4C3=O)[C@H]2OC(=O)c2ccccc2)[C@@H](N2C(=O)c3ccccc3C2=O)C(OC(=O)c2ccccc2)[C@@H]1O. The monoisotopic (exact) mass is 1820 g/mol. The number of nitrogens with zero attached hydrogens (tertiary/aromatic N) is 4. The molecule has 4 fully saturated rings. The summed E-state index contributed by atoms with van der Waals surface area (Å²) in [5.41, 5.74) is -1.97. The molecule has 682 valence electrons. The van der Waals surface area contributed by atoms with Crippen LogP contribution in [0.4, 0.5) is 0 Å². The molecule has 1 N–H and O–H groups in total. The molecule has 4 saturated heterocycles. The highest BCUT2D eigenvalue weighted by molar-refractivity contribution is 6.24. The van der Waals surface area contributed by atoms with Crippen LogP contribution >= 0.6 is 0 Å². The molecule has 33 nitrogen and oxygen atoms in total. The topological polar surface area (TPSA) is 401 Å². The van der Waals surface area contributed by atoms with Gasteiger partial charge in [0.25, 0.3) is 47.3 Å². The van der Waals surface area contributed by atoms with Crippen LogP contribution in [0.1, 0.15) is 172 Å². The van der Waals surface area contributed by atoms with Crippen LogP contribution in [-0.4, -0.2) is 251 Å². The van der Waals surface area contributed by atoms with E-state index < -0.39 is 219 Å². The number of imide groups is 4. The highest BCUT2D eigenvalue weighted by Gasteiger charge is 2.66. The predicted molar refractivity (Wildman–Crippen MR) is 462 cm³/mol. The van der Waals surface area contributed by atoms with E-state index >= 15 is 52.7 Å². The van der Waals surface area contributed by atoms with Gasteiger partial charge >= 0.3 is 35.8 Å². The number of amides is 8. The van der Waals surface area contributed by atoms with Crippen LogP contribution in [0.5, 0.6) is 0 Å². The number of ether oxygens (including phenoxy) is 14. The highest BCUT2D eigenvalue weighted by atomic mass is 16.8. The van der Waals surface area contributed by atoms with Gasteiger partial charge in [-0.05, 0) is 134 Å². The maximum Gasteiger partial charge on any atom is 0.338 e. The van der Waals surface area contributed by atoms with Crippen molar-refractivity contribution in [3.8, 4) is 0 Å².